The number of hydrogen-bond donors (Lipinski definition) is 1. The van der Waals surface area contributed by atoms with Gasteiger partial charge in [0.1, 0.15) is 11.3 Å². The van der Waals surface area contributed by atoms with Crippen LogP contribution >= 0.6 is 23.2 Å². The number of halogens is 4. The van der Waals surface area contributed by atoms with E-state index in [4.69, 9.17) is 23.2 Å². The first-order valence-corrected chi connectivity index (χ1v) is 10.0. The highest BCUT2D eigenvalue weighted by atomic mass is 35.5. The highest BCUT2D eigenvalue weighted by Crippen LogP contribution is 2.27. The van der Waals surface area contributed by atoms with Crippen LogP contribution in [0.3, 0.4) is 0 Å². The number of fused-ring (bicyclic) bond motifs is 1. The molecule has 158 valence electrons. The Kier molecular flexibility index (Phi) is 5.89. The van der Waals surface area contributed by atoms with Gasteiger partial charge in [-0.25, -0.2) is 18.3 Å². The number of carbonyl (C=O) groups is 1. The van der Waals surface area contributed by atoms with E-state index in [0.717, 1.165) is 15.6 Å². The molecule has 31 heavy (non-hydrogen) atoms. The molecule has 0 aliphatic heterocycles. The average Bonchev–Trinajstić information content (AvgIpc) is 3.18. The second-order valence-electron chi connectivity index (χ2n) is 6.96. The molecule has 5 nitrogen and oxygen atoms in total. The molecule has 2 heterocycles. The minimum Gasteiger partial charge on any atom is -0.348 e. The summed E-state index contributed by atoms with van der Waals surface area (Å²) in [5, 5.41) is 7.48. The van der Waals surface area contributed by atoms with Gasteiger partial charge in [-0.1, -0.05) is 59.1 Å². The first-order valence-electron chi connectivity index (χ1n) is 9.29. The zero-order valence-corrected chi connectivity index (χ0v) is 17.8. The Bertz CT molecular complexity index is 1270. The first kappa shape index (κ1) is 21.2. The first-order chi connectivity index (χ1) is 14.8. The van der Waals surface area contributed by atoms with Gasteiger partial charge in [0.15, 0.2) is 5.65 Å². The second kappa shape index (κ2) is 8.61. The summed E-state index contributed by atoms with van der Waals surface area (Å²) in [6.07, 6.45) is -1.56. The van der Waals surface area contributed by atoms with Gasteiger partial charge in [0.25, 0.3) is 12.3 Å². The van der Waals surface area contributed by atoms with Crippen molar-refractivity contribution in [3.05, 3.63) is 87.2 Å². The molecule has 1 N–H and O–H groups in total. The molecule has 4 rings (SSSR count). The summed E-state index contributed by atoms with van der Waals surface area (Å²) in [7, 11) is 0. The largest absolute Gasteiger partial charge is 0.348 e. The van der Waals surface area contributed by atoms with Crippen LogP contribution in [0.25, 0.3) is 16.9 Å². The zero-order chi connectivity index (χ0) is 22.1. The van der Waals surface area contributed by atoms with Crippen LogP contribution < -0.4 is 5.32 Å². The van der Waals surface area contributed by atoms with Gasteiger partial charge in [-0.2, -0.15) is 5.10 Å². The van der Waals surface area contributed by atoms with Gasteiger partial charge in [0.05, 0.1) is 21.9 Å². The van der Waals surface area contributed by atoms with E-state index in [1.807, 2.05) is 19.1 Å². The predicted octanol–water partition coefficient (Wildman–Crippen LogP) is 5.88. The lowest BCUT2D eigenvalue weighted by Gasteiger charge is -2.09. The molecule has 0 bridgehead atoms. The lowest BCUT2D eigenvalue weighted by molar-refractivity contribution is 0.0952. The maximum Gasteiger partial charge on any atom is 0.280 e. The molecule has 0 atom stereocenters. The monoisotopic (exact) mass is 460 g/mol. The molecular formula is C22H16Cl2F2N4O. The number of rotatable bonds is 5. The van der Waals surface area contributed by atoms with Crippen molar-refractivity contribution in [1.82, 2.24) is 19.9 Å². The van der Waals surface area contributed by atoms with Crippen LogP contribution in [0, 0.1) is 6.92 Å². The van der Waals surface area contributed by atoms with Gasteiger partial charge < -0.3 is 5.32 Å². The number of carbonyl (C=O) groups excluding carboxylic acids is 1. The Morgan fingerprint density at radius 3 is 2.52 bits per heavy atom. The van der Waals surface area contributed by atoms with Crippen molar-refractivity contribution in [2.45, 2.75) is 19.9 Å². The third-order valence-corrected chi connectivity index (χ3v) is 5.49. The number of aromatic nitrogens is 3. The molecule has 1 amide bonds. The van der Waals surface area contributed by atoms with Crippen molar-refractivity contribution in [3.8, 4) is 11.3 Å². The van der Waals surface area contributed by atoms with E-state index >= 15 is 0 Å². The summed E-state index contributed by atoms with van der Waals surface area (Å²) in [5.41, 5.74) is 2.58. The molecular weight excluding hydrogens is 445 g/mol. The van der Waals surface area contributed by atoms with Crippen molar-refractivity contribution in [2.24, 2.45) is 0 Å². The molecule has 0 aliphatic rings. The number of nitrogens with zero attached hydrogens (tertiary/aromatic N) is 3. The molecule has 9 heteroatoms. The minimum absolute atomic E-state index is 0.0556. The normalized spacial score (nSPS) is 11.3. The molecule has 0 fully saturated rings. The van der Waals surface area contributed by atoms with E-state index < -0.39 is 12.3 Å². The Balaban J connectivity index is 1.69. The van der Waals surface area contributed by atoms with Crippen LogP contribution in [0.15, 0.2) is 54.7 Å². The number of aryl methyl sites for hydroxylation is 1. The molecule has 4 aromatic rings. The predicted molar refractivity (Wildman–Crippen MR) is 116 cm³/mol. The van der Waals surface area contributed by atoms with E-state index in [1.165, 1.54) is 12.3 Å². The SMILES string of the molecule is Cc1ccc(-c2cc(C(F)F)n3ncc(C(=O)NCc4ccc(Cl)c(Cl)c4)c3n2)cc1. The van der Waals surface area contributed by atoms with Crippen LogP contribution in [0.5, 0.6) is 0 Å². The highest BCUT2D eigenvalue weighted by Gasteiger charge is 2.21. The van der Waals surface area contributed by atoms with E-state index in [9.17, 15) is 13.6 Å². The summed E-state index contributed by atoms with van der Waals surface area (Å²) in [4.78, 5) is 17.2. The van der Waals surface area contributed by atoms with Gasteiger partial charge in [-0.05, 0) is 30.7 Å². The zero-order valence-electron chi connectivity index (χ0n) is 16.2. The van der Waals surface area contributed by atoms with Crippen molar-refractivity contribution >= 4 is 34.8 Å². The lowest BCUT2D eigenvalue weighted by Crippen LogP contribution is -2.23. The fourth-order valence-corrected chi connectivity index (χ4v) is 3.42. The molecule has 0 saturated carbocycles. The summed E-state index contributed by atoms with van der Waals surface area (Å²) in [6.45, 7) is 2.10. The smallest absolute Gasteiger partial charge is 0.280 e. The molecule has 0 aliphatic carbocycles. The van der Waals surface area contributed by atoms with Gasteiger partial charge >= 0.3 is 0 Å². The second-order valence-corrected chi connectivity index (χ2v) is 7.77. The van der Waals surface area contributed by atoms with E-state index in [1.54, 1.807) is 30.3 Å². The van der Waals surface area contributed by atoms with Crippen molar-refractivity contribution in [3.63, 3.8) is 0 Å². The fraction of sp³-hybridized carbons (Fsp3) is 0.136. The minimum atomic E-state index is -2.79. The maximum atomic E-state index is 13.7. The Morgan fingerprint density at radius 1 is 1.10 bits per heavy atom. The Morgan fingerprint density at radius 2 is 1.84 bits per heavy atom. The fourth-order valence-electron chi connectivity index (χ4n) is 3.10. The van der Waals surface area contributed by atoms with Crippen molar-refractivity contribution < 1.29 is 13.6 Å². The Hall–Kier alpha value is -3.03. The van der Waals surface area contributed by atoms with Crippen molar-refractivity contribution in [1.29, 1.82) is 0 Å². The van der Waals surface area contributed by atoms with Crippen LogP contribution in [0.2, 0.25) is 10.0 Å². The summed E-state index contributed by atoms with van der Waals surface area (Å²) in [5.74, 6) is -0.491. The maximum absolute atomic E-state index is 13.7. The average molecular weight is 461 g/mol. The van der Waals surface area contributed by atoms with Gasteiger partial charge in [0, 0.05) is 12.1 Å². The molecule has 0 unspecified atom stereocenters. The van der Waals surface area contributed by atoms with Crippen LogP contribution in [-0.4, -0.2) is 20.5 Å². The molecule has 0 saturated heterocycles. The summed E-state index contributed by atoms with van der Waals surface area (Å²) in [6, 6.07) is 13.6. The molecule has 2 aromatic heterocycles. The molecule has 2 aromatic carbocycles. The number of amides is 1. The van der Waals surface area contributed by atoms with E-state index in [2.05, 4.69) is 15.4 Å². The summed E-state index contributed by atoms with van der Waals surface area (Å²) < 4.78 is 28.4. The number of alkyl halides is 2. The van der Waals surface area contributed by atoms with Gasteiger partial charge in [0.2, 0.25) is 0 Å². The lowest BCUT2D eigenvalue weighted by atomic mass is 10.1. The summed E-state index contributed by atoms with van der Waals surface area (Å²) >= 11 is 11.9. The highest BCUT2D eigenvalue weighted by molar-refractivity contribution is 6.42. The molecule has 0 spiro atoms. The quantitative estimate of drug-likeness (QED) is 0.404. The number of hydrogen-bond acceptors (Lipinski definition) is 3. The topological polar surface area (TPSA) is 59.3 Å². The Labute approximate surface area is 186 Å². The number of nitrogens with one attached hydrogen (secondary N) is 1. The van der Waals surface area contributed by atoms with Gasteiger partial charge in [-0.15, -0.1) is 0 Å². The molecule has 0 radical (unpaired) electrons. The van der Waals surface area contributed by atoms with E-state index in [0.29, 0.717) is 21.3 Å². The van der Waals surface area contributed by atoms with Crippen LogP contribution in [0.1, 0.15) is 33.6 Å². The van der Waals surface area contributed by atoms with Crippen molar-refractivity contribution in [2.75, 3.05) is 0 Å². The van der Waals surface area contributed by atoms with Gasteiger partial charge in [-0.3, -0.25) is 4.79 Å². The third kappa shape index (κ3) is 4.38. The van der Waals surface area contributed by atoms with E-state index in [-0.39, 0.29) is 23.4 Å². The third-order valence-electron chi connectivity index (χ3n) is 4.75. The van der Waals surface area contributed by atoms with Crippen LogP contribution in [-0.2, 0) is 6.54 Å². The number of benzene rings is 2. The van der Waals surface area contributed by atoms with Crippen LogP contribution in [0.4, 0.5) is 8.78 Å². The standard InChI is InChI=1S/C22H16Cl2F2N4O/c1-12-2-5-14(6-3-12)18-9-19(20(25)26)30-21(29-18)15(11-28-30)22(31)27-10-13-4-7-16(23)17(24)8-13/h2-9,11,20H,10H2,1H3,(H,27,31).